The summed E-state index contributed by atoms with van der Waals surface area (Å²) in [4.78, 5) is 0. The molecule has 0 aromatic rings. The van der Waals surface area contributed by atoms with Crippen LogP contribution in [0.1, 0.15) is 41.0 Å². The lowest BCUT2D eigenvalue weighted by molar-refractivity contribution is 0.737. The fourth-order valence-corrected chi connectivity index (χ4v) is 0. The van der Waals surface area contributed by atoms with Gasteiger partial charge >= 0.3 is 0 Å². The van der Waals surface area contributed by atoms with Gasteiger partial charge < -0.3 is 0 Å². The Morgan fingerprint density at radius 2 is 1.27 bits per heavy atom. The molecule has 0 aliphatic heterocycles. The van der Waals surface area contributed by atoms with Crippen molar-refractivity contribution in [2.75, 3.05) is 0 Å². The third-order valence-corrected chi connectivity index (χ3v) is 0.289. The molecule has 0 saturated heterocycles. The average molecular weight is 156 g/mol. The van der Waals surface area contributed by atoms with Gasteiger partial charge in [0.2, 0.25) is 0 Å². The predicted molar refractivity (Wildman–Crippen MR) is 56.9 cm³/mol. The summed E-state index contributed by atoms with van der Waals surface area (Å²) in [7, 11) is 0. The van der Waals surface area contributed by atoms with Crippen molar-refractivity contribution in [2.45, 2.75) is 41.0 Å². The molecule has 11 heavy (non-hydrogen) atoms. The lowest BCUT2D eigenvalue weighted by Crippen LogP contribution is -1.66. The number of hydrogen-bond acceptors (Lipinski definition) is 0. The van der Waals surface area contributed by atoms with E-state index in [-0.39, 0.29) is 0 Å². The van der Waals surface area contributed by atoms with E-state index in [1.165, 1.54) is 0 Å². The minimum atomic E-state index is 0.833. The third-order valence-electron chi connectivity index (χ3n) is 0.289. The van der Waals surface area contributed by atoms with Crippen LogP contribution in [0.2, 0.25) is 0 Å². The Hall–Kier alpha value is -0.520. The Kier molecular flexibility index (Phi) is 34.7. The van der Waals surface area contributed by atoms with Crippen molar-refractivity contribution in [1.82, 2.24) is 0 Å². The molecule has 0 amide bonds. The maximum atomic E-state index is 3.48. The summed E-state index contributed by atoms with van der Waals surface area (Å²) in [5.41, 5.74) is 0. The molecule has 0 nitrogen and oxygen atoms in total. The van der Waals surface area contributed by atoms with Crippen LogP contribution in [0.3, 0.4) is 0 Å². The van der Waals surface area contributed by atoms with Gasteiger partial charge in [0.15, 0.2) is 0 Å². The molecule has 0 atom stereocenters. The van der Waals surface area contributed by atoms with Crippen LogP contribution >= 0.6 is 0 Å². The Labute approximate surface area is 73.0 Å². The first kappa shape index (κ1) is 16.8. The normalized spacial score (nSPS) is 6.73. The largest absolute Gasteiger partial charge is 0.103 e. The highest BCUT2D eigenvalue weighted by atomic mass is 13.7. The Balaban J connectivity index is -0.0000000886. The van der Waals surface area contributed by atoms with Gasteiger partial charge in [0.1, 0.15) is 0 Å². The van der Waals surface area contributed by atoms with E-state index in [0.717, 1.165) is 12.3 Å². The van der Waals surface area contributed by atoms with Crippen LogP contribution in [0.5, 0.6) is 0 Å². The molecule has 0 saturated carbocycles. The van der Waals surface area contributed by atoms with Gasteiger partial charge in [-0.3, -0.25) is 0 Å². The van der Waals surface area contributed by atoms with Gasteiger partial charge in [-0.25, -0.2) is 0 Å². The van der Waals surface area contributed by atoms with Crippen LogP contribution in [0.25, 0.3) is 0 Å². The van der Waals surface area contributed by atoms with Crippen LogP contribution in [0.4, 0.5) is 0 Å². The molecule has 0 rings (SSSR count). The van der Waals surface area contributed by atoms with Gasteiger partial charge in [-0.2, -0.15) is 0 Å². The van der Waals surface area contributed by atoms with E-state index in [2.05, 4.69) is 40.9 Å². The second kappa shape index (κ2) is 22.7. The van der Waals surface area contributed by atoms with Crippen LogP contribution < -0.4 is 0 Å². The molecule has 0 aromatic carbocycles. The molecular formula is C11H24. The number of hydrogen-bond donors (Lipinski definition) is 0. The second-order valence-corrected chi connectivity index (χ2v) is 2.84. The number of allylic oxidation sites excluding steroid dienone is 2. The van der Waals surface area contributed by atoms with E-state index in [1.807, 2.05) is 13.0 Å². The molecule has 0 bridgehead atoms. The standard InChI is InChI=1S/C4H10.C4H8.C3H6/c1-4(2)3;1-3-4-2;1-3-2/h4H,1-3H3;3H,1,4H2,2H3;3H,1H2,2H3. The summed E-state index contributed by atoms with van der Waals surface area (Å²) >= 11 is 0. The Morgan fingerprint density at radius 3 is 1.27 bits per heavy atom. The van der Waals surface area contributed by atoms with Crippen molar-refractivity contribution in [1.29, 1.82) is 0 Å². The van der Waals surface area contributed by atoms with Crippen LogP contribution in [-0.4, -0.2) is 0 Å². The van der Waals surface area contributed by atoms with Crippen LogP contribution in [-0.2, 0) is 0 Å². The lowest BCUT2D eigenvalue weighted by Gasteiger charge is -1.79. The van der Waals surface area contributed by atoms with Crippen molar-refractivity contribution < 1.29 is 0 Å². The summed E-state index contributed by atoms with van der Waals surface area (Å²) in [6, 6.07) is 0. The average Bonchev–Trinajstić information content (AvgIpc) is 1.88. The van der Waals surface area contributed by atoms with Crippen molar-refractivity contribution in [3.05, 3.63) is 25.3 Å². The zero-order chi connectivity index (χ0) is 9.70. The zero-order valence-electron chi connectivity index (χ0n) is 8.85. The van der Waals surface area contributed by atoms with E-state index < -0.39 is 0 Å². The predicted octanol–water partition coefficient (Wildman–Crippen LogP) is 4.44. The molecule has 0 heterocycles. The smallest absolute Gasteiger partial charge is 0.0382 e. The summed E-state index contributed by atoms with van der Waals surface area (Å²) in [5.74, 6) is 0.833. The van der Waals surface area contributed by atoms with Gasteiger partial charge in [-0.1, -0.05) is 39.8 Å². The molecule has 0 aliphatic carbocycles. The topological polar surface area (TPSA) is 0 Å². The monoisotopic (exact) mass is 156 g/mol. The van der Waals surface area contributed by atoms with E-state index in [1.54, 1.807) is 6.08 Å². The molecule has 0 radical (unpaired) electrons. The summed E-state index contributed by atoms with van der Waals surface area (Å²) < 4.78 is 0. The van der Waals surface area contributed by atoms with Crippen LogP contribution in [0.15, 0.2) is 25.3 Å². The van der Waals surface area contributed by atoms with E-state index in [9.17, 15) is 0 Å². The molecular weight excluding hydrogens is 132 g/mol. The van der Waals surface area contributed by atoms with E-state index in [4.69, 9.17) is 0 Å². The first-order valence-electron chi connectivity index (χ1n) is 4.24. The Bertz CT molecular complexity index is 57.7. The molecule has 0 aromatic heterocycles. The maximum Gasteiger partial charge on any atom is -0.0382 e. The molecule has 0 N–H and O–H groups in total. The Morgan fingerprint density at radius 1 is 1.18 bits per heavy atom. The minimum absolute atomic E-state index is 0.833. The van der Waals surface area contributed by atoms with Crippen molar-refractivity contribution >= 4 is 0 Å². The highest BCUT2D eigenvalue weighted by molar-refractivity contribution is 4.60. The van der Waals surface area contributed by atoms with Crippen molar-refractivity contribution in [3.63, 3.8) is 0 Å². The van der Waals surface area contributed by atoms with E-state index >= 15 is 0 Å². The molecule has 0 heteroatoms. The summed E-state index contributed by atoms with van der Waals surface area (Å²) in [6.45, 7) is 17.3. The minimum Gasteiger partial charge on any atom is -0.103 e. The highest BCUT2D eigenvalue weighted by Gasteiger charge is 1.68. The third kappa shape index (κ3) is 2300. The SMILES string of the molecule is C=CC.C=CCC.CC(C)C. The van der Waals surface area contributed by atoms with E-state index in [0.29, 0.717) is 0 Å². The zero-order valence-corrected chi connectivity index (χ0v) is 8.85. The van der Waals surface area contributed by atoms with Gasteiger partial charge in [0.05, 0.1) is 0 Å². The second-order valence-electron chi connectivity index (χ2n) is 2.84. The van der Waals surface area contributed by atoms with Crippen molar-refractivity contribution in [3.8, 4) is 0 Å². The van der Waals surface area contributed by atoms with Gasteiger partial charge in [-0.15, -0.1) is 13.2 Å². The van der Waals surface area contributed by atoms with Crippen molar-refractivity contribution in [2.24, 2.45) is 5.92 Å². The summed E-state index contributed by atoms with van der Waals surface area (Å²) in [5, 5.41) is 0. The quantitative estimate of drug-likeness (QED) is 0.492. The van der Waals surface area contributed by atoms with Gasteiger partial charge in [0, 0.05) is 0 Å². The molecule has 0 spiro atoms. The molecule has 0 unspecified atom stereocenters. The molecule has 0 aliphatic rings. The van der Waals surface area contributed by atoms with Gasteiger partial charge in [0.25, 0.3) is 0 Å². The van der Waals surface area contributed by atoms with Crippen LogP contribution in [0, 0.1) is 5.92 Å². The lowest BCUT2D eigenvalue weighted by atomic mass is 10.3. The molecule has 0 fully saturated rings. The fourth-order valence-electron chi connectivity index (χ4n) is 0. The highest BCUT2D eigenvalue weighted by Crippen LogP contribution is 1.81. The fraction of sp³-hybridized carbons (Fsp3) is 0.636. The number of rotatable bonds is 1. The maximum absolute atomic E-state index is 3.48. The molecule has 68 valence electrons. The first-order valence-corrected chi connectivity index (χ1v) is 4.24. The summed E-state index contributed by atoms with van der Waals surface area (Å²) in [6.07, 6.45) is 4.71. The van der Waals surface area contributed by atoms with Gasteiger partial charge in [-0.05, 0) is 19.3 Å². The first-order chi connectivity index (χ1) is 5.06.